The summed E-state index contributed by atoms with van der Waals surface area (Å²) in [6.07, 6.45) is 1.74. The number of nitrogens with zero attached hydrogens (tertiary/aromatic N) is 3. The van der Waals surface area contributed by atoms with Gasteiger partial charge in [0.25, 0.3) is 11.5 Å². The number of carboxylic acid groups (broad SMARTS) is 1. The van der Waals surface area contributed by atoms with Gasteiger partial charge in [-0.25, -0.2) is 9.79 Å². The van der Waals surface area contributed by atoms with Crippen molar-refractivity contribution in [3.8, 4) is 11.5 Å². The maximum atomic E-state index is 13.9. The molecule has 1 aromatic heterocycles. The number of amides is 1. The maximum absolute atomic E-state index is 13.9. The lowest BCUT2D eigenvalue weighted by atomic mass is 9.94. The minimum absolute atomic E-state index is 0.174. The highest BCUT2D eigenvalue weighted by Gasteiger charge is 2.35. The highest BCUT2D eigenvalue weighted by molar-refractivity contribution is 9.10. The monoisotopic (exact) mass is 613 g/mol. The van der Waals surface area contributed by atoms with Crippen LogP contribution in [0.3, 0.4) is 0 Å². The van der Waals surface area contributed by atoms with Crippen molar-refractivity contribution in [1.29, 1.82) is 0 Å². The molecule has 0 bridgehead atoms. The number of methoxy groups -OCH3 is 1. The predicted molar refractivity (Wildman–Crippen MR) is 152 cm³/mol. The van der Waals surface area contributed by atoms with Crippen LogP contribution in [0.25, 0.3) is 6.08 Å². The molecule has 0 radical (unpaired) electrons. The molecule has 0 fully saturated rings. The van der Waals surface area contributed by atoms with Gasteiger partial charge in [0.15, 0.2) is 11.4 Å². The standard InChI is InChI=1S/C28H28BrN3O6S/c1-5-31(6-2)27(36)24-16(3)30-28-32(25(24)18-9-7-8-10-20(18)37-4)26(35)22(39-28)14-17-11-12-21(19(29)13-17)38-15-23(33)34/h7-14,25H,5-6,15H2,1-4H3,(H,33,34)/b22-14-/t25-/m0/s1. The molecule has 0 spiro atoms. The summed E-state index contributed by atoms with van der Waals surface area (Å²) in [5, 5.41) is 8.87. The number of aliphatic carboxylic acids is 1. The van der Waals surface area contributed by atoms with E-state index in [4.69, 9.17) is 19.6 Å². The number of fused-ring (bicyclic) bond motifs is 1. The minimum atomic E-state index is -1.08. The molecule has 0 saturated carbocycles. The van der Waals surface area contributed by atoms with Crippen LogP contribution < -0.4 is 24.4 Å². The second-order valence-corrected chi connectivity index (χ2v) is 10.5. The molecule has 1 atom stereocenters. The Morgan fingerprint density at radius 3 is 2.54 bits per heavy atom. The number of thiazole rings is 1. The first-order valence-corrected chi connectivity index (χ1v) is 13.9. The van der Waals surface area contributed by atoms with Gasteiger partial charge in [0.2, 0.25) is 0 Å². The van der Waals surface area contributed by atoms with Crippen LogP contribution in [0.5, 0.6) is 11.5 Å². The number of likely N-dealkylation sites (N-methyl/N-ethyl adjacent to an activating group) is 1. The Balaban J connectivity index is 1.89. The molecular formula is C28H28BrN3O6S. The molecule has 3 aromatic rings. The van der Waals surface area contributed by atoms with Crippen molar-refractivity contribution in [2.24, 2.45) is 4.99 Å². The van der Waals surface area contributed by atoms with Crippen molar-refractivity contribution in [3.63, 3.8) is 0 Å². The van der Waals surface area contributed by atoms with Gasteiger partial charge in [0.1, 0.15) is 17.5 Å². The van der Waals surface area contributed by atoms with E-state index in [-0.39, 0.29) is 11.5 Å². The normalized spacial score (nSPS) is 15.0. The van der Waals surface area contributed by atoms with Crippen molar-refractivity contribution in [1.82, 2.24) is 9.47 Å². The summed E-state index contributed by atoms with van der Waals surface area (Å²) in [7, 11) is 1.56. The molecule has 11 heteroatoms. The van der Waals surface area contributed by atoms with E-state index in [2.05, 4.69) is 15.9 Å². The van der Waals surface area contributed by atoms with E-state index >= 15 is 0 Å². The number of aromatic nitrogens is 1. The Labute approximate surface area is 237 Å². The Bertz CT molecular complexity index is 1640. The third-order valence-corrected chi connectivity index (χ3v) is 7.94. The smallest absolute Gasteiger partial charge is 0.341 e. The zero-order valence-corrected chi connectivity index (χ0v) is 24.3. The average molecular weight is 615 g/mol. The number of hydrogen-bond acceptors (Lipinski definition) is 7. The van der Waals surface area contributed by atoms with Gasteiger partial charge in [-0.3, -0.25) is 14.2 Å². The summed E-state index contributed by atoms with van der Waals surface area (Å²) >= 11 is 4.64. The fourth-order valence-electron chi connectivity index (χ4n) is 4.48. The molecule has 204 valence electrons. The Kier molecular flexibility index (Phi) is 8.71. The molecule has 1 N–H and O–H groups in total. The summed E-state index contributed by atoms with van der Waals surface area (Å²) in [5.41, 5.74) is 2.11. The molecule has 0 aliphatic carbocycles. The number of hydrogen-bond donors (Lipinski definition) is 1. The first-order chi connectivity index (χ1) is 18.7. The number of allylic oxidation sites excluding steroid dienone is 1. The molecule has 1 aliphatic heterocycles. The van der Waals surface area contributed by atoms with E-state index in [0.29, 0.717) is 60.8 Å². The van der Waals surface area contributed by atoms with Gasteiger partial charge in [-0.05, 0) is 66.5 Å². The molecule has 39 heavy (non-hydrogen) atoms. The lowest BCUT2D eigenvalue weighted by molar-refractivity contribution is -0.139. The topological polar surface area (TPSA) is 110 Å². The quantitative estimate of drug-likeness (QED) is 0.396. The number of para-hydroxylation sites is 1. The molecule has 1 aliphatic rings. The number of ether oxygens (including phenoxy) is 2. The van der Waals surface area contributed by atoms with E-state index in [1.165, 1.54) is 11.3 Å². The molecule has 9 nitrogen and oxygen atoms in total. The molecule has 1 amide bonds. The Morgan fingerprint density at radius 2 is 1.90 bits per heavy atom. The van der Waals surface area contributed by atoms with Crippen molar-refractivity contribution in [2.45, 2.75) is 26.8 Å². The molecule has 2 heterocycles. The van der Waals surface area contributed by atoms with E-state index in [1.54, 1.807) is 47.8 Å². The second-order valence-electron chi connectivity index (χ2n) is 8.67. The van der Waals surface area contributed by atoms with Crippen LogP contribution in [-0.2, 0) is 9.59 Å². The van der Waals surface area contributed by atoms with Crippen molar-refractivity contribution < 1.29 is 24.2 Å². The summed E-state index contributed by atoms with van der Waals surface area (Å²) in [5.74, 6) is -0.307. The Morgan fingerprint density at radius 1 is 1.18 bits per heavy atom. The summed E-state index contributed by atoms with van der Waals surface area (Å²) in [6.45, 7) is 6.21. The highest BCUT2D eigenvalue weighted by Crippen LogP contribution is 2.36. The van der Waals surface area contributed by atoms with Gasteiger partial charge in [-0.15, -0.1) is 0 Å². The average Bonchev–Trinajstić information content (AvgIpc) is 3.21. The fraction of sp³-hybridized carbons (Fsp3) is 0.286. The van der Waals surface area contributed by atoms with Crippen molar-refractivity contribution in [2.75, 3.05) is 26.8 Å². The van der Waals surface area contributed by atoms with Crippen molar-refractivity contribution >= 4 is 45.2 Å². The first kappa shape index (κ1) is 28.3. The summed E-state index contributed by atoms with van der Waals surface area (Å²) < 4.78 is 13.5. The number of rotatable bonds is 9. The zero-order valence-electron chi connectivity index (χ0n) is 21.9. The number of carboxylic acids is 1. The number of carbonyl (C=O) groups excluding carboxylic acids is 1. The van der Waals surface area contributed by atoms with E-state index in [9.17, 15) is 14.4 Å². The SMILES string of the molecule is CCN(CC)C(=O)C1=C(C)N=c2s/c(=C\c3ccc(OCC(=O)O)c(Br)c3)c(=O)n2[C@H]1c1ccccc1OC. The van der Waals surface area contributed by atoms with Crippen LogP contribution in [-0.4, -0.2) is 53.3 Å². The lowest BCUT2D eigenvalue weighted by Gasteiger charge is -2.29. The van der Waals surface area contributed by atoms with Gasteiger partial charge in [-0.1, -0.05) is 35.6 Å². The van der Waals surface area contributed by atoms with Crippen LogP contribution in [0.2, 0.25) is 0 Å². The maximum Gasteiger partial charge on any atom is 0.341 e. The molecule has 4 rings (SSSR count). The van der Waals surface area contributed by atoms with Crippen LogP contribution in [0.4, 0.5) is 0 Å². The highest BCUT2D eigenvalue weighted by atomic mass is 79.9. The second kappa shape index (κ2) is 12.0. The number of carbonyl (C=O) groups is 2. The molecule has 2 aromatic carbocycles. The Hall–Kier alpha value is -3.70. The van der Waals surface area contributed by atoms with E-state index in [0.717, 1.165) is 0 Å². The van der Waals surface area contributed by atoms with Crippen LogP contribution in [0.1, 0.15) is 37.9 Å². The number of halogens is 1. The predicted octanol–water partition coefficient (Wildman–Crippen LogP) is 3.34. The number of benzene rings is 2. The largest absolute Gasteiger partial charge is 0.496 e. The third-order valence-electron chi connectivity index (χ3n) is 6.34. The third kappa shape index (κ3) is 5.69. The molecule has 0 saturated heterocycles. The molecular weight excluding hydrogens is 586 g/mol. The summed E-state index contributed by atoms with van der Waals surface area (Å²) in [6, 6.07) is 11.8. The van der Waals surface area contributed by atoms with Gasteiger partial charge in [0, 0.05) is 18.7 Å². The first-order valence-electron chi connectivity index (χ1n) is 12.3. The molecule has 0 unspecified atom stereocenters. The van der Waals surface area contributed by atoms with E-state index in [1.807, 2.05) is 38.1 Å². The minimum Gasteiger partial charge on any atom is -0.496 e. The van der Waals surface area contributed by atoms with E-state index < -0.39 is 18.6 Å². The zero-order chi connectivity index (χ0) is 28.3. The van der Waals surface area contributed by atoms with Gasteiger partial charge in [-0.2, -0.15) is 0 Å². The van der Waals surface area contributed by atoms with Gasteiger partial charge >= 0.3 is 5.97 Å². The fourth-order valence-corrected chi connectivity index (χ4v) is 6.04. The van der Waals surface area contributed by atoms with Gasteiger partial charge < -0.3 is 19.5 Å². The van der Waals surface area contributed by atoms with Crippen LogP contribution in [0, 0.1) is 0 Å². The van der Waals surface area contributed by atoms with Gasteiger partial charge in [0.05, 0.1) is 27.4 Å². The van der Waals surface area contributed by atoms with Crippen LogP contribution >= 0.6 is 27.3 Å². The van der Waals surface area contributed by atoms with Crippen LogP contribution in [0.15, 0.2) is 68.0 Å². The van der Waals surface area contributed by atoms with Crippen molar-refractivity contribution in [3.05, 3.63) is 89.0 Å². The summed E-state index contributed by atoms with van der Waals surface area (Å²) in [4.78, 5) is 45.4. The lowest BCUT2D eigenvalue weighted by Crippen LogP contribution is -2.43.